The maximum atomic E-state index is 6.83. The van der Waals surface area contributed by atoms with Crippen molar-refractivity contribution in [3.05, 3.63) is 235 Å². The molecule has 1 aliphatic rings. The van der Waals surface area contributed by atoms with E-state index in [0.717, 1.165) is 72.1 Å². The van der Waals surface area contributed by atoms with Gasteiger partial charge in [-0.2, -0.15) is 0 Å². The summed E-state index contributed by atoms with van der Waals surface area (Å²) in [5, 5.41) is 4.46. The van der Waals surface area contributed by atoms with Crippen LogP contribution < -0.4 is 4.90 Å². The lowest BCUT2D eigenvalue weighted by atomic mass is 9.67. The van der Waals surface area contributed by atoms with E-state index >= 15 is 0 Å². The van der Waals surface area contributed by atoms with E-state index in [2.05, 4.69) is 205 Å². The maximum Gasteiger partial charge on any atom is 0.159 e. The molecule has 2 aromatic heterocycles. The van der Waals surface area contributed by atoms with Crippen LogP contribution in [0.4, 0.5) is 17.1 Å². The lowest BCUT2D eigenvalue weighted by molar-refractivity contribution is 0.666. The minimum absolute atomic E-state index is 0.474. The second-order valence-electron chi connectivity index (χ2n) is 15.2. The first-order valence-corrected chi connectivity index (χ1v) is 19.8. The molecule has 0 aliphatic heterocycles. The number of para-hydroxylation sites is 3. The first kappa shape index (κ1) is 32.6. The summed E-state index contributed by atoms with van der Waals surface area (Å²) in [7, 11) is 0. The Morgan fingerprint density at radius 3 is 1.72 bits per heavy atom. The molecule has 12 rings (SSSR count). The van der Waals surface area contributed by atoms with Gasteiger partial charge in [0, 0.05) is 32.9 Å². The molecule has 58 heavy (non-hydrogen) atoms. The monoisotopic (exact) mass is 741 g/mol. The van der Waals surface area contributed by atoms with Crippen molar-refractivity contribution < 1.29 is 8.83 Å². The standard InChI is InChI=1S/C55H35NO2/c1-4-15-38(16-5-1)55(39-17-6-2-7-18-39)48-24-12-10-21-42(48)46-34-47-44-32-29-37(33-52(44)57-53(47)35-49(46)55)36-27-30-41(31-28-36)56(40-19-8-3-9-20-40)50-25-14-23-45-43-22-11-13-26-51(43)58-54(45)50/h1-35H. The Balaban J connectivity index is 0.974. The highest BCUT2D eigenvalue weighted by Gasteiger charge is 2.46. The Bertz CT molecular complexity index is 3290. The summed E-state index contributed by atoms with van der Waals surface area (Å²) in [6.07, 6.45) is 0. The quantitative estimate of drug-likeness (QED) is 0.170. The van der Waals surface area contributed by atoms with Gasteiger partial charge in [-0.1, -0.05) is 152 Å². The zero-order chi connectivity index (χ0) is 38.2. The molecule has 0 spiro atoms. The number of hydrogen-bond acceptors (Lipinski definition) is 3. The van der Waals surface area contributed by atoms with Gasteiger partial charge in [-0.15, -0.1) is 0 Å². The Morgan fingerprint density at radius 2 is 0.948 bits per heavy atom. The average molecular weight is 742 g/mol. The Hall–Kier alpha value is -7.62. The lowest BCUT2D eigenvalue weighted by Crippen LogP contribution is -2.28. The fraction of sp³-hybridized carbons (Fsp3) is 0.0182. The topological polar surface area (TPSA) is 29.5 Å². The van der Waals surface area contributed by atoms with Crippen LogP contribution >= 0.6 is 0 Å². The molecule has 11 aromatic rings. The van der Waals surface area contributed by atoms with E-state index in [0.29, 0.717) is 0 Å². The van der Waals surface area contributed by atoms with Crippen LogP contribution in [0.25, 0.3) is 66.1 Å². The van der Waals surface area contributed by atoms with Crippen molar-refractivity contribution in [1.82, 2.24) is 0 Å². The highest BCUT2D eigenvalue weighted by Crippen LogP contribution is 2.57. The number of fused-ring (bicyclic) bond motifs is 9. The molecular formula is C55H35NO2. The molecule has 0 unspecified atom stereocenters. The summed E-state index contributed by atoms with van der Waals surface area (Å²) in [6.45, 7) is 0. The minimum Gasteiger partial charge on any atom is -0.456 e. The van der Waals surface area contributed by atoms with Crippen molar-refractivity contribution in [3.8, 4) is 22.3 Å². The van der Waals surface area contributed by atoms with Gasteiger partial charge in [0.05, 0.1) is 11.1 Å². The first-order chi connectivity index (χ1) is 28.8. The predicted octanol–water partition coefficient (Wildman–Crippen LogP) is 15.0. The van der Waals surface area contributed by atoms with Crippen molar-refractivity contribution in [2.24, 2.45) is 0 Å². The third-order valence-corrected chi connectivity index (χ3v) is 12.1. The van der Waals surface area contributed by atoms with Gasteiger partial charge in [0.25, 0.3) is 0 Å². The second-order valence-corrected chi connectivity index (χ2v) is 15.2. The molecule has 0 saturated heterocycles. The molecule has 272 valence electrons. The molecule has 0 saturated carbocycles. The predicted molar refractivity (Wildman–Crippen MR) is 238 cm³/mol. The Labute approximate surface area is 335 Å². The molecule has 1 aliphatic carbocycles. The summed E-state index contributed by atoms with van der Waals surface area (Å²) in [5.74, 6) is 0. The van der Waals surface area contributed by atoms with Crippen LogP contribution in [0.15, 0.2) is 221 Å². The molecule has 0 fully saturated rings. The van der Waals surface area contributed by atoms with E-state index in [9.17, 15) is 0 Å². The Kier molecular flexibility index (Phi) is 7.14. The number of hydrogen-bond donors (Lipinski definition) is 0. The molecule has 0 N–H and O–H groups in total. The highest BCUT2D eigenvalue weighted by atomic mass is 16.3. The second kappa shape index (κ2) is 12.7. The van der Waals surface area contributed by atoms with Crippen LogP contribution in [0.1, 0.15) is 22.3 Å². The van der Waals surface area contributed by atoms with Crippen molar-refractivity contribution >= 4 is 60.9 Å². The van der Waals surface area contributed by atoms with Crippen molar-refractivity contribution in [3.63, 3.8) is 0 Å². The van der Waals surface area contributed by atoms with Gasteiger partial charge >= 0.3 is 0 Å². The molecule has 9 aromatic carbocycles. The molecule has 0 bridgehead atoms. The van der Waals surface area contributed by atoms with E-state index < -0.39 is 5.41 Å². The van der Waals surface area contributed by atoms with Gasteiger partial charge < -0.3 is 13.7 Å². The maximum absolute atomic E-state index is 6.83. The van der Waals surface area contributed by atoms with Gasteiger partial charge in [-0.05, 0) is 105 Å². The summed E-state index contributed by atoms with van der Waals surface area (Å²) in [6, 6.07) is 75.9. The fourth-order valence-corrected chi connectivity index (χ4v) is 9.61. The van der Waals surface area contributed by atoms with Crippen LogP contribution in [-0.4, -0.2) is 0 Å². The summed E-state index contributed by atoms with van der Waals surface area (Å²) < 4.78 is 13.3. The SMILES string of the molecule is c1ccc(N(c2ccc(-c3ccc4c(c3)oc3cc5c(cc34)-c3ccccc3C5(c3ccccc3)c3ccccc3)cc2)c2cccc3c2oc2ccccc23)cc1. The molecular weight excluding hydrogens is 707 g/mol. The molecule has 2 heterocycles. The van der Waals surface area contributed by atoms with E-state index in [-0.39, 0.29) is 0 Å². The number of rotatable bonds is 6. The van der Waals surface area contributed by atoms with Gasteiger partial charge in [0.15, 0.2) is 5.58 Å². The van der Waals surface area contributed by atoms with Crippen LogP contribution in [0.3, 0.4) is 0 Å². The number of benzene rings is 9. The van der Waals surface area contributed by atoms with Gasteiger partial charge in [-0.25, -0.2) is 0 Å². The van der Waals surface area contributed by atoms with Gasteiger partial charge in [0.2, 0.25) is 0 Å². The summed E-state index contributed by atoms with van der Waals surface area (Å²) in [4.78, 5) is 2.28. The first-order valence-electron chi connectivity index (χ1n) is 19.8. The molecule has 0 radical (unpaired) electrons. The minimum atomic E-state index is -0.474. The molecule has 0 atom stereocenters. The molecule has 3 nitrogen and oxygen atoms in total. The van der Waals surface area contributed by atoms with E-state index in [1.54, 1.807) is 0 Å². The van der Waals surface area contributed by atoms with E-state index in [4.69, 9.17) is 8.83 Å². The number of furan rings is 2. The third-order valence-electron chi connectivity index (χ3n) is 12.1. The summed E-state index contributed by atoms with van der Waals surface area (Å²) >= 11 is 0. The molecule has 0 amide bonds. The third kappa shape index (κ3) is 4.74. The fourth-order valence-electron chi connectivity index (χ4n) is 9.61. The van der Waals surface area contributed by atoms with Gasteiger partial charge in [-0.3, -0.25) is 0 Å². The lowest BCUT2D eigenvalue weighted by Gasteiger charge is -2.33. The summed E-state index contributed by atoms with van der Waals surface area (Å²) in [5.41, 5.74) is 15.9. The highest BCUT2D eigenvalue weighted by molar-refractivity contribution is 6.11. The number of anilines is 3. The van der Waals surface area contributed by atoms with E-state index in [1.165, 1.54) is 33.4 Å². The van der Waals surface area contributed by atoms with Crippen LogP contribution in [0.2, 0.25) is 0 Å². The normalized spacial score (nSPS) is 13.0. The van der Waals surface area contributed by atoms with Crippen molar-refractivity contribution in [1.29, 1.82) is 0 Å². The zero-order valence-electron chi connectivity index (χ0n) is 31.5. The smallest absolute Gasteiger partial charge is 0.159 e. The number of nitrogens with zero attached hydrogens (tertiary/aromatic N) is 1. The average Bonchev–Trinajstić information content (AvgIpc) is 3.95. The van der Waals surface area contributed by atoms with Gasteiger partial charge in [0.1, 0.15) is 16.7 Å². The van der Waals surface area contributed by atoms with Crippen molar-refractivity contribution in [2.75, 3.05) is 4.90 Å². The molecule has 3 heteroatoms. The van der Waals surface area contributed by atoms with Crippen LogP contribution in [0, 0.1) is 0 Å². The van der Waals surface area contributed by atoms with Crippen LogP contribution in [-0.2, 0) is 5.41 Å². The Morgan fingerprint density at radius 1 is 0.345 bits per heavy atom. The van der Waals surface area contributed by atoms with E-state index in [1.807, 2.05) is 12.1 Å². The van der Waals surface area contributed by atoms with Crippen molar-refractivity contribution in [2.45, 2.75) is 5.41 Å². The zero-order valence-corrected chi connectivity index (χ0v) is 31.5. The van der Waals surface area contributed by atoms with Crippen LogP contribution in [0.5, 0.6) is 0 Å². The largest absolute Gasteiger partial charge is 0.456 e.